The first-order valence-corrected chi connectivity index (χ1v) is 32.3. The highest BCUT2D eigenvalue weighted by Crippen LogP contribution is 2.45. The number of para-hydroxylation sites is 2. The van der Waals surface area contributed by atoms with Crippen molar-refractivity contribution in [3.8, 4) is 11.4 Å². The molecule has 3 aliphatic rings. The summed E-state index contributed by atoms with van der Waals surface area (Å²) < 4.78 is 42.5. The Bertz CT molecular complexity index is 5090. The molecule has 0 N–H and O–H groups in total. The van der Waals surface area contributed by atoms with Crippen molar-refractivity contribution in [3.63, 3.8) is 0 Å². The van der Waals surface area contributed by atoms with Gasteiger partial charge in [0.25, 0.3) is 0 Å². The van der Waals surface area contributed by atoms with Gasteiger partial charge < -0.3 is 37.1 Å². The number of rotatable bonds is 4. The van der Waals surface area contributed by atoms with Gasteiger partial charge in [0.05, 0.1) is 55.7 Å². The number of hydrogen-bond acceptors (Lipinski definition) is 6. The van der Waals surface area contributed by atoms with Crippen molar-refractivity contribution in [2.24, 2.45) is 0 Å². The largest absolute Gasteiger partial charge is 0.494 e. The van der Waals surface area contributed by atoms with Crippen LogP contribution < -0.4 is 5.46 Å². The van der Waals surface area contributed by atoms with Crippen LogP contribution in [-0.4, -0.2) is 63.9 Å². The fraction of sp³-hybridized carbons (Fsp3) is 0.231. The molecule has 12 aromatic carbocycles. The molecule has 0 spiro atoms. The van der Waals surface area contributed by atoms with Crippen molar-refractivity contribution >= 4 is 151 Å². The lowest BCUT2D eigenvalue weighted by atomic mass is 9.49. The van der Waals surface area contributed by atoms with E-state index < -0.39 is 21.1 Å². The van der Waals surface area contributed by atoms with E-state index in [-0.39, 0.29) is 33.6 Å². The van der Waals surface area contributed by atoms with E-state index in [9.17, 15) is 0 Å². The lowest BCUT2D eigenvalue weighted by Crippen LogP contribution is -2.41. The molecule has 0 unspecified atom stereocenters. The van der Waals surface area contributed by atoms with E-state index in [0.29, 0.717) is 0 Å². The quantitative estimate of drug-likeness (QED) is 0.129. The number of nitrogens with zero attached hydrogens (tertiary/aromatic N) is 2. The molecule has 8 nitrogen and oxygen atoms in total. The van der Waals surface area contributed by atoms with Gasteiger partial charge in [-0.05, 0) is 214 Å². The zero-order valence-corrected chi connectivity index (χ0v) is 54.8. The molecule has 14 aromatic rings. The van der Waals surface area contributed by atoms with E-state index in [1.165, 1.54) is 114 Å². The van der Waals surface area contributed by atoms with Gasteiger partial charge >= 0.3 is 21.1 Å². The lowest BCUT2D eigenvalue weighted by Gasteiger charge is -2.32. The fourth-order valence-corrected chi connectivity index (χ4v) is 14.0. The smallest absolute Gasteiger partial charge is 0.405 e. The van der Waals surface area contributed by atoms with Crippen molar-refractivity contribution in [3.05, 3.63) is 223 Å². The van der Waals surface area contributed by atoms with Gasteiger partial charge in [-0.3, -0.25) is 0 Å². The third kappa shape index (κ3) is 9.42. The van der Waals surface area contributed by atoms with Crippen molar-refractivity contribution in [2.75, 3.05) is 0 Å². The van der Waals surface area contributed by atoms with Crippen LogP contribution >= 0.6 is 15.9 Å². The predicted molar refractivity (Wildman–Crippen MR) is 382 cm³/mol. The third-order valence-corrected chi connectivity index (χ3v) is 21.1. The average Bonchev–Trinajstić information content (AvgIpc) is 1.13. The third-order valence-electron chi connectivity index (χ3n) is 20.6. The maximum Gasteiger partial charge on any atom is 0.494 e. The van der Waals surface area contributed by atoms with Gasteiger partial charge in [-0.1, -0.05) is 174 Å². The van der Waals surface area contributed by atoms with Crippen LogP contribution in [0.5, 0.6) is 0 Å². The first-order chi connectivity index (χ1) is 43.0. The molecule has 3 aliphatic heterocycles. The highest BCUT2D eigenvalue weighted by atomic mass is 79.9. The highest BCUT2D eigenvalue weighted by Gasteiger charge is 2.64. The van der Waals surface area contributed by atoms with Gasteiger partial charge in [-0.15, -0.1) is 0 Å². The molecule has 5 heterocycles. The summed E-state index contributed by atoms with van der Waals surface area (Å²) >= 11 is 3.66. The molecule has 0 aliphatic carbocycles. The molecule has 3 fully saturated rings. The van der Waals surface area contributed by atoms with Crippen molar-refractivity contribution in [1.29, 1.82) is 0 Å². The van der Waals surface area contributed by atoms with Crippen LogP contribution in [0.25, 0.3) is 120 Å². The SMILES string of the molecule is Brc1ccc2c(c1)c1ccccc1n2-c1ccc2c3ccccc3c3ccccc3c2c1.CC1(C)OB(B2OC(C)(C)C(C)(C)O2)OC1(C)C.CC1(C)OB(c2ccc3c(c2)c2ccccc2n3-c2ccc3c4ccccc4c4ccccc4c3c2)OC1(C)C. The molecule has 17 rings (SSSR count). The van der Waals surface area contributed by atoms with Gasteiger partial charge in [0.15, 0.2) is 0 Å². The zero-order valence-electron chi connectivity index (χ0n) is 53.2. The van der Waals surface area contributed by atoms with E-state index in [1.807, 2.05) is 55.4 Å². The first-order valence-electron chi connectivity index (χ1n) is 31.5. The Morgan fingerprint density at radius 2 is 0.533 bits per heavy atom. The van der Waals surface area contributed by atoms with Gasteiger partial charge in [0.2, 0.25) is 0 Å². The van der Waals surface area contributed by atoms with Crippen LogP contribution in [-0.2, 0) is 27.9 Å². The molecule has 90 heavy (non-hydrogen) atoms. The Morgan fingerprint density at radius 3 is 0.900 bits per heavy atom. The first kappa shape index (κ1) is 58.6. The fourth-order valence-electron chi connectivity index (χ4n) is 13.7. The van der Waals surface area contributed by atoms with Gasteiger partial charge in [-0.2, -0.15) is 0 Å². The number of aromatic nitrogens is 2. The minimum absolute atomic E-state index is 0.360. The predicted octanol–water partition coefficient (Wildman–Crippen LogP) is 19.8. The standard InChI is InChI=1S/C36H30BNO2.C30H18BrN.C12H24B2O4/c1-35(2)36(3,4)40-37(39-35)23-17-20-34-32(21-23)30-15-9-10-16-33(30)38(34)24-18-19-29-27-13-6-5-11-25(27)26-12-7-8-14-28(26)31(29)22-24;31-19-13-16-30-28(17-19)26-11-5-6-12-29(26)32(30)20-14-15-25-23-9-2-1-7-21(23)22-8-3-4-10-24(22)27(25)18-20;1-9(2)10(3,4)16-13(15-9)14-17-11(5,6)12(7,8)18-14/h5-22H,1-4H3;1-18H;1-8H3. The molecule has 0 bridgehead atoms. The average molecular weight is 1250 g/mol. The van der Waals surface area contributed by atoms with Crippen LogP contribution in [0.1, 0.15) is 83.1 Å². The highest BCUT2D eigenvalue weighted by molar-refractivity contribution is 9.10. The molecule has 3 saturated heterocycles. The zero-order chi connectivity index (χ0) is 62.4. The van der Waals surface area contributed by atoms with Gasteiger partial charge in [0, 0.05) is 37.4 Å². The second kappa shape index (κ2) is 21.2. The van der Waals surface area contributed by atoms with Crippen LogP contribution in [0.3, 0.4) is 0 Å². The summed E-state index contributed by atoms with van der Waals surface area (Å²) in [6.07, 6.45) is 0. The molecule has 12 heteroatoms. The Hall–Kier alpha value is -7.77. The molecule has 446 valence electrons. The van der Waals surface area contributed by atoms with E-state index in [1.54, 1.807) is 0 Å². The Morgan fingerprint density at radius 1 is 0.256 bits per heavy atom. The summed E-state index contributed by atoms with van der Waals surface area (Å²) in [6.45, 7) is 24.6. The summed E-state index contributed by atoms with van der Waals surface area (Å²) in [7, 11) is -1.34. The van der Waals surface area contributed by atoms with Gasteiger partial charge in [0.1, 0.15) is 0 Å². The van der Waals surface area contributed by atoms with Crippen molar-refractivity contribution in [1.82, 2.24) is 9.13 Å². The molecular weight excluding hydrogens is 1170 g/mol. The van der Waals surface area contributed by atoms with Crippen LogP contribution in [0.15, 0.2) is 223 Å². The number of halogens is 1. The van der Waals surface area contributed by atoms with Gasteiger partial charge in [-0.25, -0.2) is 0 Å². The lowest BCUT2D eigenvalue weighted by molar-refractivity contribution is 0.00578. The minimum Gasteiger partial charge on any atom is -0.405 e. The molecule has 0 radical (unpaired) electrons. The number of benzene rings is 12. The summed E-state index contributed by atoms with van der Waals surface area (Å²) in [5.74, 6) is 0. The van der Waals surface area contributed by atoms with Crippen LogP contribution in [0, 0.1) is 0 Å². The van der Waals surface area contributed by atoms with E-state index in [0.717, 1.165) is 15.6 Å². The molecular formula is C78H72B3BrN2O6. The van der Waals surface area contributed by atoms with E-state index in [4.69, 9.17) is 27.9 Å². The Kier molecular flexibility index (Phi) is 13.8. The van der Waals surface area contributed by atoms with Crippen molar-refractivity contribution in [2.45, 2.75) is 117 Å². The monoisotopic (exact) mass is 1240 g/mol. The van der Waals surface area contributed by atoms with Crippen LogP contribution in [0.2, 0.25) is 0 Å². The van der Waals surface area contributed by atoms with Crippen molar-refractivity contribution < 1.29 is 27.9 Å². The maximum absolute atomic E-state index is 6.40. The minimum atomic E-state index is -0.476. The molecule has 0 amide bonds. The maximum atomic E-state index is 6.40. The Labute approximate surface area is 535 Å². The summed E-state index contributed by atoms with van der Waals surface area (Å²) in [5, 5.41) is 20.5. The molecule has 2 aromatic heterocycles. The Balaban J connectivity index is 0.000000121. The summed E-state index contributed by atoms with van der Waals surface area (Å²) in [5.41, 5.74) is 6.00. The molecule has 0 atom stereocenters. The summed E-state index contributed by atoms with van der Waals surface area (Å²) in [6, 6.07) is 79.3. The van der Waals surface area contributed by atoms with Crippen LogP contribution in [0.4, 0.5) is 0 Å². The second-order valence-corrected chi connectivity index (χ2v) is 28.5. The summed E-state index contributed by atoms with van der Waals surface area (Å²) in [4.78, 5) is 0. The topological polar surface area (TPSA) is 65.2 Å². The number of hydrogen-bond donors (Lipinski definition) is 0. The number of fused-ring (bicyclic) bond motifs is 18. The molecule has 0 saturated carbocycles. The van der Waals surface area contributed by atoms with E-state index in [2.05, 4.69) is 271 Å². The normalized spacial score (nSPS) is 18.0. The second-order valence-electron chi connectivity index (χ2n) is 27.6. The van der Waals surface area contributed by atoms with E-state index >= 15 is 0 Å².